The van der Waals surface area contributed by atoms with Gasteiger partial charge in [-0.05, 0) is 49.7 Å². The molecule has 1 fully saturated rings. The van der Waals surface area contributed by atoms with Crippen molar-refractivity contribution in [1.29, 1.82) is 0 Å². The van der Waals surface area contributed by atoms with Crippen LogP contribution in [0.1, 0.15) is 35.3 Å². The van der Waals surface area contributed by atoms with Gasteiger partial charge in [-0.1, -0.05) is 30.3 Å². The first-order valence-electron chi connectivity index (χ1n) is 8.61. The molecule has 0 aliphatic carbocycles. The molecule has 25 heavy (non-hydrogen) atoms. The molecule has 2 atom stereocenters. The minimum Gasteiger partial charge on any atom is -0.349 e. The van der Waals surface area contributed by atoms with Crippen molar-refractivity contribution in [2.75, 3.05) is 18.4 Å². The Morgan fingerprint density at radius 3 is 2.64 bits per heavy atom. The van der Waals surface area contributed by atoms with Gasteiger partial charge in [0, 0.05) is 17.8 Å². The highest BCUT2D eigenvalue weighted by Gasteiger charge is 2.23. The van der Waals surface area contributed by atoms with Crippen molar-refractivity contribution in [1.82, 2.24) is 10.6 Å². The first-order valence-corrected chi connectivity index (χ1v) is 8.61. The summed E-state index contributed by atoms with van der Waals surface area (Å²) in [6.45, 7) is 3.59. The lowest BCUT2D eigenvalue weighted by atomic mass is 10.0. The number of amides is 2. The fraction of sp³-hybridized carbons (Fsp3) is 0.300. The molecule has 2 amide bonds. The Morgan fingerprint density at radius 1 is 1.12 bits per heavy atom. The lowest BCUT2D eigenvalue weighted by Gasteiger charge is -2.18. The summed E-state index contributed by atoms with van der Waals surface area (Å²) < 4.78 is 0. The largest absolute Gasteiger partial charge is 0.349 e. The number of benzene rings is 2. The molecule has 1 saturated heterocycles. The zero-order valence-corrected chi connectivity index (χ0v) is 14.3. The van der Waals surface area contributed by atoms with Crippen molar-refractivity contribution in [3.05, 3.63) is 65.7 Å². The van der Waals surface area contributed by atoms with Gasteiger partial charge >= 0.3 is 0 Å². The van der Waals surface area contributed by atoms with E-state index in [-0.39, 0.29) is 23.8 Å². The molecule has 130 valence electrons. The molecule has 0 radical (unpaired) electrons. The van der Waals surface area contributed by atoms with E-state index in [1.807, 2.05) is 49.4 Å². The van der Waals surface area contributed by atoms with E-state index in [9.17, 15) is 9.59 Å². The van der Waals surface area contributed by atoms with Gasteiger partial charge < -0.3 is 16.0 Å². The first kappa shape index (κ1) is 17.2. The second-order valence-electron chi connectivity index (χ2n) is 6.37. The summed E-state index contributed by atoms with van der Waals surface area (Å²) in [5, 5.41) is 9.16. The number of rotatable bonds is 5. The van der Waals surface area contributed by atoms with Crippen LogP contribution in [0.25, 0.3) is 0 Å². The Balaban J connectivity index is 1.64. The van der Waals surface area contributed by atoms with Gasteiger partial charge in [-0.3, -0.25) is 9.59 Å². The second kappa shape index (κ2) is 7.94. The first-order chi connectivity index (χ1) is 12.1. The van der Waals surface area contributed by atoms with Gasteiger partial charge in [0.2, 0.25) is 5.91 Å². The van der Waals surface area contributed by atoms with E-state index in [1.165, 1.54) is 0 Å². The van der Waals surface area contributed by atoms with Crippen LogP contribution >= 0.6 is 0 Å². The number of carbonyl (C=O) groups excluding carboxylic acids is 2. The topological polar surface area (TPSA) is 70.2 Å². The molecule has 0 aromatic heterocycles. The molecular weight excluding hydrogens is 314 g/mol. The molecule has 5 nitrogen and oxygen atoms in total. The van der Waals surface area contributed by atoms with E-state index in [4.69, 9.17) is 0 Å². The highest BCUT2D eigenvalue weighted by atomic mass is 16.2. The third kappa shape index (κ3) is 4.45. The molecule has 5 heteroatoms. The van der Waals surface area contributed by atoms with E-state index in [0.29, 0.717) is 5.56 Å². The van der Waals surface area contributed by atoms with Crippen LogP contribution in [0.2, 0.25) is 0 Å². The molecule has 0 spiro atoms. The van der Waals surface area contributed by atoms with Crippen LogP contribution in [0.3, 0.4) is 0 Å². The van der Waals surface area contributed by atoms with E-state index in [1.54, 1.807) is 12.1 Å². The lowest BCUT2D eigenvalue weighted by Crippen LogP contribution is -2.33. The van der Waals surface area contributed by atoms with Crippen LogP contribution in [-0.2, 0) is 4.79 Å². The summed E-state index contributed by atoms with van der Waals surface area (Å²) >= 11 is 0. The van der Waals surface area contributed by atoms with Crippen molar-refractivity contribution < 1.29 is 9.59 Å². The second-order valence-corrected chi connectivity index (χ2v) is 6.37. The van der Waals surface area contributed by atoms with Crippen LogP contribution in [0.4, 0.5) is 5.69 Å². The van der Waals surface area contributed by atoms with Crippen molar-refractivity contribution in [2.45, 2.75) is 19.4 Å². The quantitative estimate of drug-likeness (QED) is 0.786. The van der Waals surface area contributed by atoms with Crippen LogP contribution in [-0.4, -0.2) is 24.9 Å². The van der Waals surface area contributed by atoms with Gasteiger partial charge in [0.15, 0.2) is 0 Å². The molecule has 3 N–H and O–H groups in total. The molecule has 0 saturated carbocycles. The summed E-state index contributed by atoms with van der Waals surface area (Å²) in [4.78, 5) is 24.5. The van der Waals surface area contributed by atoms with Gasteiger partial charge in [-0.2, -0.15) is 0 Å². The normalized spacial score (nSPS) is 17.7. The highest BCUT2D eigenvalue weighted by molar-refractivity contribution is 6.04. The SMILES string of the molecule is CC(NC(=O)C1CCNC1)c1cccc(NC(=O)c2ccccc2)c1. The molecule has 2 aromatic rings. The van der Waals surface area contributed by atoms with Gasteiger partial charge in [0.25, 0.3) is 5.91 Å². The number of hydrogen-bond donors (Lipinski definition) is 3. The van der Waals surface area contributed by atoms with Gasteiger partial charge in [0.05, 0.1) is 12.0 Å². The average Bonchev–Trinajstić information content (AvgIpc) is 3.17. The van der Waals surface area contributed by atoms with E-state index in [2.05, 4.69) is 16.0 Å². The number of carbonyl (C=O) groups is 2. The summed E-state index contributed by atoms with van der Waals surface area (Å²) in [5.74, 6) is -0.0221. The van der Waals surface area contributed by atoms with Gasteiger partial charge in [-0.25, -0.2) is 0 Å². The fourth-order valence-electron chi connectivity index (χ4n) is 2.97. The lowest BCUT2D eigenvalue weighted by molar-refractivity contribution is -0.125. The van der Waals surface area contributed by atoms with Gasteiger partial charge in [-0.15, -0.1) is 0 Å². The Labute approximate surface area is 147 Å². The standard InChI is InChI=1S/C20H23N3O2/c1-14(22-20(25)17-10-11-21-13-17)16-8-5-9-18(12-16)23-19(24)15-6-3-2-4-7-15/h2-9,12,14,17,21H,10-11,13H2,1H3,(H,22,25)(H,23,24). The smallest absolute Gasteiger partial charge is 0.255 e. The molecule has 1 heterocycles. The molecule has 2 aromatic carbocycles. The minimum atomic E-state index is -0.147. The predicted molar refractivity (Wildman–Crippen MR) is 98.4 cm³/mol. The van der Waals surface area contributed by atoms with Crippen molar-refractivity contribution in [3.8, 4) is 0 Å². The zero-order valence-electron chi connectivity index (χ0n) is 14.3. The molecule has 1 aliphatic heterocycles. The Morgan fingerprint density at radius 2 is 1.92 bits per heavy atom. The maximum Gasteiger partial charge on any atom is 0.255 e. The van der Waals surface area contributed by atoms with Crippen molar-refractivity contribution in [3.63, 3.8) is 0 Å². The number of nitrogens with one attached hydrogen (secondary N) is 3. The monoisotopic (exact) mass is 337 g/mol. The third-order valence-electron chi connectivity index (χ3n) is 4.47. The van der Waals surface area contributed by atoms with Crippen LogP contribution in [0.15, 0.2) is 54.6 Å². The molecule has 0 bridgehead atoms. The summed E-state index contributed by atoms with van der Waals surface area (Å²) in [7, 11) is 0. The number of hydrogen-bond acceptors (Lipinski definition) is 3. The Kier molecular flexibility index (Phi) is 5.46. The van der Waals surface area contributed by atoms with E-state index in [0.717, 1.165) is 30.8 Å². The maximum absolute atomic E-state index is 12.3. The van der Waals surface area contributed by atoms with Gasteiger partial charge in [0.1, 0.15) is 0 Å². The van der Waals surface area contributed by atoms with Crippen LogP contribution < -0.4 is 16.0 Å². The van der Waals surface area contributed by atoms with E-state index >= 15 is 0 Å². The zero-order chi connectivity index (χ0) is 17.6. The molecule has 2 unspecified atom stereocenters. The highest BCUT2D eigenvalue weighted by Crippen LogP contribution is 2.19. The number of anilines is 1. The average molecular weight is 337 g/mol. The minimum absolute atomic E-state index is 0.0448. The Bertz CT molecular complexity index is 740. The predicted octanol–water partition coefficient (Wildman–Crippen LogP) is 2.73. The summed E-state index contributed by atoms with van der Waals surface area (Å²) in [5.41, 5.74) is 2.29. The Hall–Kier alpha value is -2.66. The van der Waals surface area contributed by atoms with Crippen molar-refractivity contribution >= 4 is 17.5 Å². The fourth-order valence-corrected chi connectivity index (χ4v) is 2.97. The van der Waals surface area contributed by atoms with Crippen molar-refractivity contribution in [2.24, 2.45) is 5.92 Å². The maximum atomic E-state index is 12.3. The van der Waals surface area contributed by atoms with E-state index < -0.39 is 0 Å². The molecule has 1 aliphatic rings. The third-order valence-corrected chi connectivity index (χ3v) is 4.47. The molecule has 3 rings (SSSR count). The molecular formula is C20H23N3O2. The summed E-state index contributed by atoms with van der Waals surface area (Å²) in [6.07, 6.45) is 0.881. The summed E-state index contributed by atoms with van der Waals surface area (Å²) in [6, 6.07) is 16.6. The van der Waals surface area contributed by atoms with Crippen LogP contribution in [0, 0.1) is 5.92 Å². The van der Waals surface area contributed by atoms with Crippen LogP contribution in [0.5, 0.6) is 0 Å².